The summed E-state index contributed by atoms with van der Waals surface area (Å²) in [6.45, 7) is 0. The summed E-state index contributed by atoms with van der Waals surface area (Å²) in [5.41, 5.74) is 2.94. The third-order valence-corrected chi connectivity index (χ3v) is 2.62. The van der Waals surface area contributed by atoms with Crippen molar-refractivity contribution in [1.82, 2.24) is 9.97 Å². The SMILES string of the molecule is N#Cc1oc2ccccc2c1Oc1cncc(NN)n1. The van der Waals surface area contributed by atoms with Crippen molar-refractivity contribution in [2.45, 2.75) is 0 Å². The first-order valence-corrected chi connectivity index (χ1v) is 5.70. The zero-order chi connectivity index (χ0) is 13.9. The summed E-state index contributed by atoms with van der Waals surface area (Å²) in [6, 6.07) is 9.15. The minimum Gasteiger partial charge on any atom is -0.442 e. The molecule has 7 nitrogen and oxygen atoms in total. The number of benzene rings is 1. The summed E-state index contributed by atoms with van der Waals surface area (Å²) >= 11 is 0. The summed E-state index contributed by atoms with van der Waals surface area (Å²) in [5.74, 6) is 6.22. The Morgan fingerprint density at radius 1 is 1.30 bits per heavy atom. The number of ether oxygens (including phenoxy) is 1. The van der Waals surface area contributed by atoms with Crippen LogP contribution in [0.1, 0.15) is 5.76 Å². The smallest absolute Gasteiger partial charge is 0.247 e. The Bertz CT molecular complexity index is 806. The molecule has 20 heavy (non-hydrogen) atoms. The highest BCUT2D eigenvalue weighted by atomic mass is 16.5. The fourth-order valence-corrected chi connectivity index (χ4v) is 1.77. The van der Waals surface area contributed by atoms with E-state index in [0.717, 1.165) is 0 Å². The van der Waals surface area contributed by atoms with Crippen LogP contribution in [-0.4, -0.2) is 9.97 Å². The van der Waals surface area contributed by atoms with Gasteiger partial charge in [-0.3, -0.25) is 4.98 Å². The number of hydrogen-bond acceptors (Lipinski definition) is 7. The first-order chi connectivity index (χ1) is 9.81. The number of fused-ring (bicyclic) bond motifs is 1. The Kier molecular flexibility index (Phi) is 2.91. The summed E-state index contributed by atoms with van der Waals surface area (Å²) < 4.78 is 11.0. The lowest BCUT2D eigenvalue weighted by molar-refractivity contribution is 0.449. The van der Waals surface area contributed by atoms with Gasteiger partial charge in [0.15, 0.2) is 11.6 Å². The Morgan fingerprint density at radius 3 is 2.95 bits per heavy atom. The highest BCUT2D eigenvalue weighted by Gasteiger charge is 2.16. The van der Waals surface area contributed by atoms with Crippen LogP contribution in [0.5, 0.6) is 11.6 Å². The van der Waals surface area contributed by atoms with E-state index in [-0.39, 0.29) is 11.6 Å². The Morgan fingerprint density at radius 2 is 2.15 bits per heavy atom. The van der Waals surface area contributed by atoms with Crippen LogP contribution in [-0.2, 0) is 0 Å². The van der Waals surface area contributed by atoms with Gasteiger partial charge in [-0.25, -0.2) is 5.84 Å². The molecule has 0 aliphatic carbocycles. The number of nitriles is 1. The average Bonchev–Trinajstić information content (AvgIpc) is 2.85. The molecule has 0 radical (unpaired) electrons. The number of hydrazine groups is 1. The molecule has 2 heterocycles. The highest BCUT2D eigenvalue weighted by Crippen LogP contribution is 2.35. The number of hydrogen-bond donors (Lipinski definition) is 2. The molecular formula is C13H9N5O2. The number of furan rings is 1. The van der Waals surface area contributed by atoms with Crippen LogP contribution < -0.4 is 16.0 Å². The molecule has 0 aliphatic heterocycles. The number of anilines is 1. The quantitative estimate of drug-likeness (QED) is 0.552. The molecule has 0 amide bonds. The molecule has 0 fully saturated rings. The molecule has 3 aromatic rings. The van der Waals surface area contributed by atoms with E-state index in [1.165, 1.54) is 12.4 Å². The molecule has 3 N–H and O–H groups in total. The minimum atomic E-state index is 0.0825. The van der Waals surface area contributed by atoms with Crippen LogP contribution in [0, 0.1) is 11.3 Å². The molecule has 0 aliphatic rings. The van der Waals surface area contributed by atoms with Gasteiger partial charge in [0.1, 0.15) is 11.7 Å². The molecule has 7 heteroatoms. The van der Waals surface area contributed by atoms with Gasteiger partial charge in [-0.2, -0.15) is 10.2 Å². The van der Waals surface area contributed by atoms with Crippen LogP contribution in [0.3, 0.4) is 0 Å². The molecule has 2 aromatic heterocycles. The maximum Gasteiger partial charge on any atom is 0.247 e. The standard InChI is InChI=1S/C13H9N5O2/c14-5-10-13(8-3-1-2-4-9(8)19-10)20-12-7-16-6-11(17-12)18-15/h1-4,6-7H,15H2,(H,17,18). The van der Waals surface area contributed by atoms with Gasteiger partial charge < -0.3 is 14.6 Å². The van der Waals surface area contributed by atoms with Gasteiger partial charge in [-0.15, -0.1) is 0 Å². The van der Waals surface area contributed by atoms with Gasteiger partial charge in [0, 0.05) is 0 Å². The number of nitrogens with one attached hydrogen (secondary N) is 1. The van der Waals surface area contributed by atoms with Crippen LogP contribution in [0.25, 0.3) is 11.0 Å². The van der Waals surface area contributed by atoms with E-state index in [0.29, 0.717) is 22.5 Å². The first-order valence-electron chi connectivity index (χ1n) is 5.70. The van der Waals surface area contributed by atoms with Gasteiger partial charge in [-0.05, 0) is 12.1 Å². The second kappa shape index (κ2) is 4.87. The van der Waals surface area contributed by atoms with E-state index in [9.17, 15) is 0 Å². The lowest BCUT2D eigenvalue weighted by atomic mass is 10.2. The Balaban J connectivity index is 2.07. The van der Waals surface area contributed by atoms with E-state index >= 15 is 0 Å². The monoisotopic (exact) mass is 267 g/mol. The maximum atomic E-state index is 9.11. The predicted molar refractivity (Wildman–Crippen MR) is 70.8 cm³/mol. The molecular weight excluding hydrogens is 258 g/mol. The fourth-order valence-electron chi connectivity index (χ4n) is 1.77. The van der Waals surface area contributed by atoms with E-state index in [2.05, 4.69) is 15.4 Å². The molecule has 1 aromatic carbocycles. The fraction of sp³-hybridized carbons (Fsp3) is 0. The number of rotatable bonds is 3. The van der Waals surface area contributed by atoms with Crippen LogP contribution in [0.4, 0.5) is 5.82 Å². The van der Waals surface area contributed by atoms with Crippen molar-refractivity contribution in [3.8, 4) is 17.7 Å². The maximum absolute atomic E-state index is 9.11. The lowest BCUT2D eigenvalue weighted by Crippen LogP contribution is -2.09. The topological polar surface area (TPSA) is 110 Å². The van der Waals surface area contributed by atoms with Crippen molar-refractivity contribution >= 4 is 16.8 Å². The zero-order valence-electron chi connectivity index (χ0n) is 10.2. The molecule has 3 rings (SSSR count). The third kappa shape index (κ3) is 2.00. The Labute approximate surface area is 113 Å². The van der Waals surface area contributed by atoms with E-state index in [1.807, 2.05) is 18.2 Å². The summed E-state index contributed by atoms with van der Waals surface area (Å²) in [7, 11) is 0. The first kappa shape index (κ1) is 12.0. The normalized spacial score (nSPS) is 10.2. The van der Waals surface area contributed by atoms with Crippen molar-refractivity contribution in [3.63, 3.8) is 0 Å². The number of nitrogen functional groups attached to an aromatic ring is 1. The van der Waals surface area contributed by atoms with Crippen LogP contribution >= 0.6 is 0 Å². The molecule has 0 atom stereocenters. The number of para-hydroxylation sites is 1. The van der Waals surface area contributed by atoms with Gasteiger partial charge in [0.25, 0.3) is 0 Å². The third-order valence-electron chi connectivity index (χ3n) is 2.62. The summed E-state index contributed by atoms with van der Waals surface area (Å²) in [6.07, 6.45) is 2.87. The molecule has 0 saturated heterocycles. The molecule has 98 valence electrons. The number of nitrogens with zero attached hydrogens (tertiary/aromatic N) is 3. The molecule has 0 unspecified atom stereocenters. The van der Waals surface area contributed by atoms with Gasteiger partial charge >= 0.3 is 0 Å². The van der Waals surface area contributed by atoms with Crippen LogP contribution in [0.2, 0.25) is 0 Å². The van der Waals surface area contributed by atoms with Crippen molar-refractivity contribution in [2.24, 2.45) is 5.84 Å². The van der Waals surface area contributed by atoms with Crippen LogP contribution in [0.15, 0.2) is 41.1 Å². The average molecular weight is 267 g/mol. The van der Waals surface area contributed by atoms with Crippen molar-refractivity contribution < 1.29 is 9.15 Å². The van der Waals surface area contributed by atoms with E-state index < -0.39 is 0 Å². The molecule has 0 bridgehead atoms. The highest BCUT2D eigenvalue weighted by molar-refractivity contribution is 5.86. The number of nitrogens with two attached hydrogens (primary N) is 1. The lowest BCUT2D eigenvalue weighted by Gasteiger charge is -2.04. The largest absolute Gasteiger partial charge is 0.442 e. The van der Waals surface area contributed by atoms with Gasteiger partial charge in [0.05, 0.1) is 17.8 Å². The molecule has 0 spiro atoms. The minimum absolute atomic E-state index is 0.0825. The van der Waals surface area contributed by atoms with Crippen molar-refractivity contribution in [1.29, 1.82) is 5.26 Å². The number of aromatic nitrogens is 2. The van der Waals surface area contributed by atoms with Crippen molar-refractivity contribution in [2.75, 3.05) is 5.43 Å². The summed E-state index contributed by atoms with van der Waals surface area (Å²) in [4.78, 5) is 8.00. The van der Waals surface area contributed by atoms with E-state index in [4.69, 9.17) is 20.3 Å². The zero-order valence-corrected chi connectivity index (χ0v) is 10.2. The second-order valence-corrected chi connectivity index (χ2v) is 3.86. The van der Waals surface area contributed by atoms with Crippen molar-refractivity contribution in [3.05, 3.63) is 42.4 Å². The van der Waals surface area contributed by atoms with Gasteiger partial charge in [0.2, 0.25) is 11.6 Å². The Hall–Kier alpha value is -3.11. The molecule has 0 saturated carbocycles. The summed E-state index contributed by atoms with van der Waals surface area (Å²) in [5, 5.41) is 9.80. The van der Waals surface area contributed by atoms with Gasteiger partial charge in [-0.1, -0.05) is 12.1 Å². The second-order valence-electron chi connectivity index (χ2n) is 3.86. The predicted octanol–water partition coefficient (Wildman–Crippen LogP) is 2.17. The van der Waals surface area contributed by atoms with E-state index in [1.54, 1.807) is 12.1 Å².